The Labute approximate surface area is 108 Å². The Hall–Kier alpha value is -2.64. The monoisotopic (exact) mass is 264 g/mol. The fraction of sp³-hybridized carbons (Fsp3) is 0.273. The average Bonchev–Trinajstić information content (AvgIpc) is 3.05. The van der Waals surface area contributed by atoms with Crippen molar-refractivity contribution in [3.05, 3.63) is 46.5 Å². The molecular formula is C11H12N4O4. The topological polar surface area (TPSA) is 103 Å². The van der Waals surface area contributed by atoms with Crippen LogP contribution < -0.4 is 5.32 Å². The molecule has 0 aliphatic rings. The number of nitro groups is 1. The van der Waals surface area contributed by atoms with Crippen molar-refractivity contribution in [2.45, 2.75) is 13.0 Å². The molecule has 2 aromatic heterocycles. The van der Waals surface area contributed by atoms with Gasteiger partial charge in [-0.25, -0.2) is 0 Å². The zero-order chi connectivity index (χ0) is 13.7. The van der Waals surface area contributed by atoms with Crippen molar-refractivity contribution in [2.24, 2.45) is 0 Å². The Kier molecular flexibility index (Phi) is 3.91. The van der Waals surface area contributed by atoms with Gasteiger partial charge in [0, 0.05) is 25.5 Å². The molecule has 0 atom stereocenters. The molecule has 100 valence electrons. The summed E-state index contributed by atoms with van der Waals surface area (Å²) in [4.78, 5) is 21.3. The zero-order valence-corrected chi connectivity index (χ0v) is 9.98. The highest BCUT2D eigenvalue weighted by atomic mass is 16.6. The Morgan fingerprint density at radius 1 is 1.53 bits per heavy atom. The van der Waals surface area contributed by atoms with Gasteiger partial charge in [0.1, 0.15) is 4.92 Å². The highest BCUT2D eigenvalue weighted by Gasteiger charge is 2.16. The maximum atomic E-state index is 11.6. The largest absolute Gasteiger partial charge is 0.433 e. The van der Waals surface area contributed by atoms with E-state index < -0.39 is 16.7 Å². The predicted molar refractivity (Wildman–Crippen MR) is 64.5 cm³/mol. The van der Waals surface area contributed by atoms with Gasteiger partial charge < -0.3 is 9.73 Å². The quantitative estimate of drug-likeness (QED) is 0.479. The molecule has 8 heteroatoms. The smallest absolute Gasteiger partial charge is 0.395 e. The molecule has 0 saturated carbocycles. The van der Waals surface area contributed by atoms with Gasteiger partial charge >= 0.3 is 5.88 Å². The van der Waals surface area contributed by atoms with E-state index in [1.54, 1.807) is 10.9 Å². The Morgan fingerprint density at radius 3 is 3.00 bits per heavy atom. The van der Waals surface area contributed by atoms with Gasteiger partial charge in [0.25, 0.3) is 5.91 Å². The molecule has 1 N–H and O–H groups in total. The van der Waals surface area contributed by atoms with Gasteiger partial charge in [0.15, 0.2) is 5.76 Å². The van der Waals surface area contributed by atoms with Crippen molar-refractivity contribution < 1.29 is 14.1 Å². The summed E-state index contributed by atoms with van der Waals surface area (Å²) in [6.45, 7) is 1.12. The summed E-state index contributed by atoms with van der Waals surface area (Å²) in [6, 6.07) is 4.25. The standard InChI is InChI=1S/C11H12N4O4/c16-11(9-3-4-10(19-9)15(17)18)12-5-1-7-14-8-2-6-13-14/h2-4,6,8H,1,5,7H2,(H,12,16). The van der Waals surface area contributed by atoms with E-state index in [-0.39, 0.29) is 5.76 Å². The minimum Gasteiger partial charge on any atom is -0.395 e. The molecular weight excluding hydrogens is 252 g/mol. The molecule has 0 aromatic carbocycles. The van der Waals surface area contributed by atoms with Gasteiger partial charge in [-0.3, -0.25) is 19.6 Å². The lowest BCUT2D eigenvalue weighted by atomic mass is 10.4. The van der Waals surface area contributed by atoms with E-state index in [1.165, 1.54) is 6.07 Å². The van der Waals surface area contributed by atoms with Crippen LogP contribution in [0.5, 0.6) is 0 Å². The highest BCUT2D eigenvalue weighted by Crippen LogP contribution is 2.15. The molecule has 2 heterocycles. The van der Waals surface area contributed by atoms with Crippen LogP contribution in [0.2, 0.25) is 0 Å². The second kappa shape index (κ2) is 5.80. The van der Waals surface area contributed by atoms with Crippen molar-refractivity contribution in [2.75, 3.05) is 6.54 Å². The van der Waals surface area contributed by atoms with Gasteiger partial charge in [-0.05, 0) is 18.6 Å². The fourth-order valence-corrected chi connectivity index (χ4v) is 1.51. The Morgan fingerprint density at radius 2 is 2.37 bits per heavy atom. The second-order valence-electron chi connectivity index (χ2n) is 3.77. The third-order valence-electron chi connectivity index (χ3n) is 2.40. The third-order valence-corrected chi connectivity index (χ3v) is 2.40. The summed E-state index contributed by atoms with van der Waals surface area (Å²) in [7, 11) is 0. The predicted octanol–water partition coefficient (Wildman–Crippen LogP) is 1.20. The molecule has 0 unspecified atom stereocenters. The summed E-state index contributed by atoms with van der Waals surface area (Å²) in [5.74, 6) is -0.971. The first kappa shape index (κ1) is 12.8. The first-order valence-electron chi connectivity index (χ1n) is 5.66. The van der Waals surface area contributed by atoms with Crippen LogP contribution in [-0.2, 0) is 6.54 Å². The molecule has 0 spiro atoms. The number of carbonyl (C=O) groups excluding carboxylic acids is 1. The molecule has 19 heavy (non-hydrogen) atoms. The van der Waals surface area contributed by atoms with E-state index >= 15 is 0 Å². The number of amides is 1. The zero-order valence-electron chi connectivity index (χ0n) is 9.98. The summed E-state index contributed by atoms with van der Waals surface area (Å²) < 4.78 is 6.53. The molecule has 0 aliphatic heterocycles. The van der Waals surface area contributed by atoms with E-state index in [0.29, 0.717) is 19.5 Å². The number of aryl methyl sites for hydroxylation is 1. The number of aromatic nitrogens is 2. The molecule has 8 nitrogen and oxygen atoms in total. The number of hydrogen-bond donors (Lipinski definition) is 1. The second-order valence-corrected chi connectivity index (χ2v) is 3.77. The van der Waals surface area contributed by atoms with Crippen LogP contribution in [0.4, 0.5) is 5.88 Å². The van der Waals surface area contributed by atoms with Crippen LogP contribution in [0.1, 0.15) is 17.0 Å². The summed E-state index contributed by atoms with van der Waals surface area (Å²) >= 11 is 0. The Bertz CT molecular complexity index is 561. The van der Waals surface area contributed by atoms with E-state index in [0.717, 1.165) is 6.07 Å². The Balaban J connectivity index is 1.76. The minimum atomic E-state index is -0.686. The van der Waals surface area contributed by atoms with Gasteiger partial charge in [0.2, 0.25) is 0 Å². The molecule has 0 saturated heterocycles. The summed E-state index contributed by atoms with van der Waals surface area (Å²) in [5, 5.41) is 17.0. The van der Waals surface area contributed by atoms with E-state index in [4.69, 9.17) is 4.42 Å². The number of hydrogen-bond acceptors (Lipinski definition) is 5. The highest BCUT2D eigenvalue weighted by molar-refractivity contribution is 5.91. The summed E-state index contributed by atoms with van der Waals surface area (Å²) in [5.41, 5.74) is 0. The molecule has 0 radical (unpaired) electrons. The van der Waals surface area contributed by atoms with Crippen molar-refractivity contribution in [1.29, 1.82) is 0 Å². The van der Waals surface area contributed by atoms with Gasteiger partial charge in [-0.15, -0.1) is 0 Å². The first-order valence-corrected chi connectivity index (χ1v) is 5.66. The van der Waals surface area contributed by atoms with E-state index in [2.05, 4.69) is 10.4 Å². The van der Waals surface area contributed by atoms with Crippen molar-refractivity contribution in [3.63, 3.8) is 0 Å². The van der Waals surface area contributed by atoms with Gasteiger partial charge in [-0.1, -0.05) is 0 Å². The van der Waals surface area contributed by atoms with Crippen LogP contribution >= 0.6 is 0 Å². The fourth-order valence-electron chi connectivity index (χ4n) is 1.51. The lowest BCUT2D eigenvalue weighted by Crippen LogP contribution is -2.24. The molecule has 1 amide bonds. The molecule has 2 aromatic rings. The third kappa shape index (κ3) is 3.41. The lowest BCUT2D eigenvalue weighted by molar-refractivity contribution is -0.402. The summed E-state index contributed by atoms with van der Waals surface area (Å²) in [6.07, 6.45) is 4.22. The molecule has 0 bridgehead atoms. The van der Waals surface area contributed by atoms with Crippen LogP contribution in [0, 0.1) is 10.1 Å². The minimum absolute atomic E-state index is 0.0641. The van der Waals surface area contributed by atoms with Crippen molar-refractivity contribution in [3.8, 4) is 0 Å². The van der Waals surface area contributed by atoms with Crippen LogP contribution in [0.25, 0.3) is 0 Å². The average molecular weight is 264 g/mol. The van der Waals surface area contributed by atoms with E-state index in [1.807, 2.05) is 12.3 Å². The molecule has 2 rings (SSSR count). The first-order chi connectivity index (χ1) is 9.16. The normalized spacial score (nSPS) is 10.3. The SMILES string of the molecule is O=C(NCCCn1cccn1)c1ccc([N+](=O)[O-])o1. The number of nitrogens with zero attached hydrogens (tertiary/aromatic N) is 3. The maximum Gasteiger partial charge on any atom is 0.433 e. The number of carbonyl (C=O) groups is 1. The molecule has 0 aliphatic carbocycles. The number of rotatable bonds is 6. The lowest BCUT2D eigenvalue weighted by Gasteiger charge is -2.03. The maximum absolute atomic E-state index is 11.6. The van der Waals surface area contributed by atoms with Crippen LogP contribution in [0.3, 0.4) is 0 Å². The van der Waals surface area contributed by atoms with Gasteiger partial charge in [0.05, 0.1) is 6.07 Å². The van der Waals surface area contributed by atoms with Crippen molar-refractivity contribution in [1.82, 2.24) is 15.1 Å². The number of furan rings is 1. The van der Waals surface area contributed by atoms with E-state index in [9.17, 15) is 14.9 Å². The van der Waals surface area contributed by atoms with Crippen LogP contribution in [0.15, 0.2) is 35.0 Å². The van der Waals surface area contributed by atoms with Gasteiger partial charge in [-0.2, -0.15) is 5.10 Å². The molecule has 0 fully saturated rings. The number of nitrogens with one attached hydrogen (secondary N) is 1. The van der Waals surface area contributed by atoms with Crippen molar-refractivity contribution >= 4 is 11.8 Å². The van der Waals surface area contributed by atoms with Crippen LogP contribution in [-0.4, -0.2) is 27.2 Å².